The zero-order valence-corrected chi connectivity index (χ0v) is 24.8. The van der Waals surface area contributed by atoms with Crippen LogP contribution in [0.3, 0.4) is 0 Å². The average Bonchev–Trinajstić information content (AvgIpc) is 3.29. The van der Waals surface area contributed by atoms with Crippen molar-refractivity contribution in [2.24, 2.45) is 0 Å². The van der Waals surface area contributed by atoms with Crippen molar-refractivity contribution in [1.29, 1.82) is 0 Å². The number of hydrogen-bond donors (Lipinski definition) is 0. The Morgan fingerprint density at radius 1 is 1.10 bits per heavy atom. The molecule has 0 N–H and O–H groups in total. The van der Waals surface area contributed by atoms with E-state index in [1.807, 2.05) is 11.8 Å². The summed E-state index contributed by atoms with van der Waals surface area (Å²) < 4.78 is 5.14. The van der Waals surface area contributed by atoms with Crippen molar-refractivity contribution < 1.29 is 46.1 Å². The van der Waals surface area contributed by atoms with E-state index in [4.69, 9.17) is 0 Å². The Morgan fingerprint density at radius 3 is 2.33 bits per heavy atom. The summed E-state index contributed by atoms with van der Waals surface area (Å²) in [6, 6.07) is 0. The molecule has 3 aliphatic carbocycles. The number of allylic oxidation sites excluding steroid dienone is 13. The van der Waals surface area contributed by atoms with E-state index < -0.39 is 21.3 Å². The molecule has 1 heterocycles. The molecule has 0 aromatic rings. The standard InChI is InChI=1S/C13H18P.C9H7S.C3H6.2ClH.Zr/c1-9-6-11-8-10(2)14(12(11)7-9)13(3,4)5;1-10-9-6-5-7-3-2-4-8(7)9;1-3-2;;;/h7-8,10H,1-5H3;2-3,5-6H,1H3;1-2H3;2*1H;/q;;;;;+2/p-2. The van der Waals surface area contributed by atoms with Crippen LogP contribution in [-0.4, -0.2) is 20.3 Å². The van der Waals surface area contributed by atoms with Gasteiger partial charge in [0.2, 0.25) is 0 Å². The largest absolute Gasteiger partial charge is 1.00 e. The first-order valence-electron chi connectivity index (χ1n) is 10.2. The summed E-state index contributed by atoms with van der Waals surface area (Å²) in [6.07, 6.45) is 16.9. The maximum Gasteiger partial charge on any atom is -1.00 e. The van der Waals surface area contributed by atoms with Gasteiger partial charge in [-0.05, 0) is 0 Å². The Morgan fingerprint density at radius 2 is 1.77 bits per heavy atom. The van der Waals surface area contributed by atoms with Gasteiger partial charge in [0, 0.05) is 0 Å². The maximum absolute atomic E-state index is 2.64. The third kappa shape index (κ3) is 4.27. The van der Waals surface area contributed by atoms with Crippen molar-refractivity contribution in [1.82, 2.24) is 0 Å². The molecule has 4 aliphatic rings. The quantitative estimate of drug-likeness (QED) is 0.477. The summed E-state index contributed by atoms with van der Waals surface area (Å²) in [7, 11) is -0.132. The molecule has 30 heavy (non-hydrogen) atoms. The molecule has 1 aliphatic heterocycles. The van der Waals surface area contributed by atoms with E-state index in [2.05, 4.69) is 91.2 Å². The second-order valence-electron chi connectivity index (χ2n) is 9.30. The zero-order valence-electron chi connectivity index (χ0n) is 19.2. The third-order valence-corrected chi connectivity index (χ3v) is 17.7. The molecule has 160 valence electrons. The monoisotopic (exact) mass is 554 g/mol. The van der Waals surface area contributed by atoms with Crippen molar-refractivity contribution >= 4 is 22.9 Å². The van der Waals surface area contributed by atoms with Crippen LogP contribution in [0.4, 0.5) is 0 Å². The molecule has 4 rings (SSSR count). The van der Waals surface area contributed by atoms with E-state index >= 15 is 0 Å². The molecule has 0 saturated heterocycles. The first-order chi connectivity index (χ1) is 13.1. The molecule has 0 aromatic heterocycles. The number of thioether (sulfide) groups is 1. The number of hydrogen-bond acceptors (Lipinski definition) is 1. The fourth-order valence-corrected chi connectivity index (χ4v) is 17.1. The Balaban J connectivity index is 0.00000160. The van der Waals surface area contributed by atoms with E-state index in [-0.39, 0.29) is 32.7 Å². The number of rotatable bonds is 3. The van der Waals surface area contributed by atoms with Gasteiger partial charge in [0.05, 0.1) is 0 Å². The Labute approximate surface area is 208 Å². The van der Waals surface area contributed by atoms with Crippen LogP contribution in [0, 0.1) is 0 Å². The van der Waals surface area contributed by atoms with Crippen LogP contribution in [0.5, 0.6) is 0 Å². The van der Waals surface area contributed by atoms with Crippen LogP contribution in [0.15, 0.2) is 75.5 Å². The van der Waals surface area contributed by atoms with E-state index in [0.717, 1.165) is 0 Å². The molecule has 0 bridgehead atoms. The van der Waals surface area contributed by atoms with E-state index in [0.29, 0.717) is 10.8 Å². The second-order valence-corrected chi connectivity index (χ2v) is 20.4. The van der Waals surface area contributed by atoms with Gasteiger partial charge in [-0.1, -0.05) is 0 Å². The molecular formula is C25H31Cl2PSZr. The third-order valence-electron chi connectivity index (χ3n) is 5.98. The number of halogens is 2. The van der Waals surface area contributed by atoms with E-state index in [1.54, 1.807) is 31.8 Å². The maximum atomic E-state index is 2.64. The van der Waals surface area contributed by atoms with Crippen molar-refractivity contribution in [3.63, 3.8) is 0 Å². The minimum Gasteiger partial charge on any atom is -1.00 e. The molecule has 0 saturated carbocycles. The van der Waals surface area contributed by atoms with Crippen molar-refractivity contribution in [2.75, 3.05) is 6.26 Å². The van der Waals surface area contributed by atoms with Crippen LogP contribution in [0.2, 0.25) is 0 Å². The summed E-state index contributed by atoms with van der Waals surface area (Å²) in [5, 5.41) is 2.06. The Hall–Kier alpha value is 0.293. The van der Waals surface area contributed by atoms with Gasteiger partial charge in [0.25, 0.3) is 0 Å². The predicted octanol–water partition coefficient (Wildman–Crippen LogP) is 1.62. The predicted molar refractivity (Wildman–Crippen MR) is 127 cm³/mol. The molecule has 2 unspecified atom stereocenters. The summed E-state index contributed by atoms with van der Waals surface area (Å²) in [6.45, 7) is 16.9. The fraction of sp³-hybridized carbons (Fsp3) is 0.400. The minimum atomic E-state index is -2.13. The Kier molecular flexibility index (Phi) is 8.54. The molecule has 0 spiro atoms. The van der Waals surface area contributed by atoms with Gasteiger partial charge in [-0.2, -0.15) is 0 Å². The normalized spacial score (nSPS) is 23.7. The average molecular weight is 557 g/mol. The molecule has 0 radical (unpaired) electrons. The first kappa shape index (κ1) is 26.5. The van der Waals surface area contributed by atoms with Crippen LogP contribution in [0.25, 0.3) is 0 Å². The van der Waals surface area contributed by atoms with Gasteiger partial charge in [0.1, 0.15) is 0 Å². The topological polar surface area (TPSA) is 0 Å². The molecule has 0 nitrogen and oxygen atoms in total. The smallest absolute Gasteiger partial charge is 1.00 e. The van der Waals surface area contributed by atoms with Gasteiger partial charge in [-0.15, -0.1) is 0 Å². The molecule has 0 aromatic carbocycles. The molecular weight excluding hydrogens is 525 g/mol. The summed E-state index contributed by atoms with van der Waals surface area (Å²) >= 11 is -0.232. The van der Waals surface area contributed by atoms with Gasteiger partial charge < -0.3 is 24.8 Å². The van der Waals surface area contributed by atoms with Crippen molar-refractivity contribution in [3.05, 3.63) is 75.5 Å². The summed E-state index contributed by atoms with van der Waals surface area (Å²) in [5.74, 6) is 0. The SMILES string of the molecule is CSC1=C2C(=CC=[C]2[Zr+2]([C]2=C(C)C=C3C2=CC(C)P3C(C)(C)C)=[C](C)C)C=C1.[Cl-].[Cl-]. The van der Waals surface area contributed by atoms with Crippen LogP contribution < -0.4 is 24.8 Å². The number of fused-ring (bicyclic) bond motifs is 2. The van der Waals surface area contributed by atoms with E-state index in [1.165, 1.54) is 10.5 Å². The second kappa shape index (κ2) is 9.65. The first-order valence-corrected chi connectivity index (χ1v) is 16.5. The molecule has 5 heteroatoms. The molecule has 2 atom stereocenters. The van der Waals surface area contributed by atoms with Gasteiger partial charge >= 0.3 is 185 Å². The van der Waals surface area contributed by atoms with Gasteiger partial charge in [-0.25, -0.2) is 0 Å². The van der Waals surface area contributed by atoms with Crippen molar-refractivity contribution in [2.45, 2.75) is 59.3 Å². The summed E-state index contributed by atoms with van der Waals surface area (Å²) in [5.41, 5.74) is 6.90. The Bertz CT molecular complexity index is 1020. The van der Waals surface area contributed by atoms with Gasteiger partial charge in [0.15, 0.2) is 0 Å². The van der Waals surface area contributed by atoms with Crippen LogP contribution >= 0.6 is 19.7 Å². The summed E-state index contributed by atoms with van der Waals surface area (Å²) in [4.78, 5) is 1.46. The van der Waals surface area contributed by atoms with Crippen LogP contribution in [-0.2, 0) is 21.3 Å². The van der Waals surface area contributed by atoms with E-state index in [9.17, 15) is 0 Å². The van der Waals surface area contributed by atoms with Gasteiger partial charge in [-0.3, -0.25) is 0 Å². The van der Waals surface area contributed by atoms with Crippen molar-refractivity contribution in [3.8, 4) is 0 Å². The van der Waals surface area contributed by atoms with Crippen LogP contribution in [0.1, 0.15) is 48.5 Å². The zero-order chi connectivity index (χ0) is 20.4. The molecule has 0 amide bonds. The minimum absolute atomic E-state index is 0. The molecule has 0 fully saturated rings. The fourth-order valence-electron chi connectivity index (χ4n) is 5.09.